The number of piperidine rings is 1. The van der Waals surface area contributed by atoms with Crippen molar-refractivity contribution in [1.82, 2.24) is 25.4 Å². The van der Waals surface area contributed by atoms with Crippen LogP contribution in [0.25, 0.3) is 0 Å². The second kappa shape index (κ2) is 11.7. The van der Waals surface area contributed by atoms with E-state index in [1.807, 2.05) is 18.5 Å². The van der Waals surface area contributed by atoms with Gasteiger partial charge >= 0.3 is 0 Å². The number of dihydropyridines is 1. The van der Waals surface area contributed by atoms with E-state index in [-0.39, 0.29) is 0 Å². The monoisotopic (exact) mass is 408 g/mol. The second-order valence-corrected chi connectivity index (χ2v) is 8.14. The molecule has 3 rings (SSSR count). The van der Waals surface area contributed by atoms with Crippen LogP contribution in [0.2, 0.25) is 0 Å². The molecule has 0 radical (unpaired) electrons. The van der Waals surface area contributed by atoms with Gasteiger partial charge in [-0.15, -0.1) is 0 Å². The van der Waals surface area contributed by atoms with Gasteiger partial charge in [-0.2, -0.15) is 0 Å². The third-order valence-electron chi connectivity index (χ3n) is 6.05. The van der Waals surface area contributed by atoms with Crippen LogP contribution in [0.4, 0.5) is 0 Å². The van der Waals surface area contributed by atoms with Gasteiger partial charge in [-0.3, -0.25) is 14.9 Å². The molecule has 0 bridgehead atoms. The predicted octanol–water partition coefficient (Wildman–Crippen LogP) is 2.85. The van der Waals surface area contributed by atoms with Crippen molar-refractivity contribution in [1.29, 1.82) is 0 Å². The van der Waals surface area contributed by atoms with Crippen molar-refractivity contribution < 1.29 is 0 Å². The number of aryl methyl sites for hydroxylation is 1. The molecule has 0 aromatic carbocycles. The van der Waals surface area contributed by atoms with Crippen molar-refractivity contribution in [3.63, 3.8) is 0 Å². The van der Waals surface area contributed by atoms with Crippen LogP contribution in [0.15, 0.2) is 59.1 Å². The van der Waals surface area contributed by atoms with E-state index in [1.165, 1.54) is 35.4 Å². The molecule has 0 atom stereocenters. The third kappa shape index (κ3) is 6.54. The number of nitrogens with one attached hydrogen (secondary N) is 2. The summed E-state index contributed by atoms with van der Waals surface area (Å²) in [5.74, 6) is 0. The van der Waals surface area contributed by atoms with E-state index in [0.717, 1.165) is 45.8 Å². The van der Waals surface area contributed by atoms with Gasteiger partial charge in [-0.1, -0.05) is 18.2 Å². The molecular weight excluding hydrogens is 372 g/mol. The normalized spacial score (nSPS) is 18.2. The van der Waals surface area contributed by atoms with Gasteiger partial charge in [0, 0.05) is 63.1 Å². The number of nitrogens with zero attached hydrogens (tertiary/aromatic N) is 4. The summed E-state index contributed by atoms with van der Waals surface area (Å²) in [6.45, 7) is 14.9. The van der Waals surface area contributed by atoms with Crippen LogP contribution in [0.1, 0.15) is 31.0 Å². The summed E-state index contributed by atoms with van der Waals surface area (Å²) in [6.07, 6.45) is 12.3. The SMILES string of the molecule is C=N/C=C\NCCN1CCC(N(CC2=C(C)C=CCN2)Cc2ncccc2C)CC1. The minimum absolute atomic E-state index is 0.577. The Bertz CT molecular complexity index is 774. The fourth-order valence-electron chi connectivity index (χ4n) is 4.15. The van der Waals surface area contributed by atoms with Crippen molar-refractivity contribution in [2.75, 3.05) is 39.3 Å². The molecule has 0 spiro atoms. The highest BCUT2D eigenvalue weighted by atomic mass is 15.2. The second-order valence-electron chi connectivity index (χ2n) is 8.14. The molecule has 2 aliphatic heterocycles. The van der Waals surface area contributed by atoms with Gasteiger partial charge in [-0.25, -0.2) is 0 Å². The molecule has 0 aliphatic carbocycles. The first-order valence-corrected chi connectivity index (χ1v) is 11.0. The van der Waals surface area contributed by atoms with Crippen LogP contribution in [-0.4, -0.2) is 66.8 Å². The lowest BCUT2D eigenvalue weighted by Gasteiger charge is -2.39. The molecule has 0 amide bonds. The van der Waals surface area contributed by atoms with Crippen molar-refractivity contribution >= 4 is 6.72 Å². The Morgan fingerprint density at radius 2 is 2.17 bits per heavy atom. The maximum atomic E-state index is 4.68. The summed E-state index contributed by atoms with van der Waals surface area (Å²) in [5, 5.41) is 6.86. The first kappa shape index (κ1) is 22.2. The molecule has 1 aromatic heterocycles. The molecule has 1 saturated heterocycles. The molecule has 30 heavy (non-hydrogen) atoms. The number of hydrogen-bond acceptors (Lipinski definition) is 6. The molecule has 6 nitrogen and oxygen atoms in total. The lowest BCUT2D eigenvalue weighted by molar-refractivity contribution is 0.108. The molecule has 0 unspecified atom stereocenters. The number of likely N-dealkylation sites (tertiary alicyclic amines) is 1. The Morgan fingerprint density at radius 3 is 2.90 bits per heavy atom. The van der Waals surface area contributed by atoms with Crippen molar-refractivity contribution in [2.24, 2.45) is 4.99 Å². The van der Waals surface area contributed by atoms with E-state index in [0.29, 0.717) is 6.04 Å². The predicted molar refractivity (Wildman–Crippen MR) is 125 cm³/mol. The number of rotatable bonds is 10. The Hall–Kier alpha value is -2.44. The van der Waals surface area contributed by atoms with Gasteiger partial charge in [-0.05, 0) is 63.7 Å². The number of hydrogen-bond donors (Lipinski definition) is 2. The first-order chi connectivity index (χ1) is 14.7. The fraction of sp³-hybridized carbons (Fsp3) is 0.500. The largest absolute Gasteiger partial charge is 0.388 e. The van der Waals surface area contributed by atoms with E-state index >= 15 is 0 Å². The molecule has 162 valence electrons. The van der Waals surface area contributed by atoms with Crippen LogP contribution in [-0.2, 0) is 6.54 Å². The standard InChI is InChI=1S/C24H36N6/c1-20-6-4-10-27-23(20)18-30(19-24-21(2)7-5-11-28-24)22-8-15-29(16-9-22)17-14-26-13-12-25-3/h4-7,10,12-13,22,26,28H,3,8-9,11,14-19H2,1-2H3/b13-12-. The van der Waals surface area contributed by atoms with Crippen molar-refractivity contribution in [3.05, 3.63) is 65.4 Å². The lowest BCUT2D eigenvalue weighted by atomic mass is 10.0. The average Bonchev–Trinajstić information content (AvgIpc) is 2.76. The summed E-state index contributed by atoms with van der Waals surface area (Å²) < 4.78 is 0. The Balaban J connectivity index is 1.61. The molecule has 3 heterocycles. The van der Waals surface area contributed by atoms with Gasteiger partial charge in [0.1, 0.15) is 0 Å². The maximum absolute atomic E-state index is 4.68. The van der Waals surface area contributed by atoms with E-state index in [9.17, 15) is 0 Å². The van der Waals surface area contributed by atoms with Gasteiger partial charge in [0.05, 0.1) is 5.69 Å². The molecule has 2 aliphatic rings. The van der Waals surface area contributed by atoms with E-state index < -0.39 is 0 Å². The van der Waals surface area contributed by atoms with Gasteiger partial charge in [0.15, 0.2) is 0 Å². The zero-order valence-electron chi connectivity index (χ0n) is 18.5. The summed E-state index contributed by atoms with van der Waals surface area (Å²) in [4.78, 5) is 13.6. The summed E-state index contributed by atoms with van der Waals surface area (Å²) in [5.41, 5.74) is 5.15. The van der Waals surface area contributed by atoms with Gasteiger partial charge < -0.3 is 15.5 Å². The number of aliphatic imine (C=N–C) groups is 1. The van der Waals surface area contributed by atoms with E-state index in [2.05, 4.69) is 69.2 Å². The number of pyridine rings is 1. The first-order valence-electron chi connectivity index (χ1n) is 11.0. The maximum Gasteiger partial charge on any atom is 0.0573 e. The lowest BCUT2D eigenvalue weighted by Crippen LogP contribution is -2.47. The number of allylic oxidation sites excluding steroid dienone is 2. The van der Waals surface area contributed by atoms with Crippen molar-refractivity contribution in [3.8, 4) is 0 Å². The fourth-order valence-corrected chi connectivity index (χ4v) is 4.15. The quantitative estimate of drug-likeness (QED) is 0.461. The topological polar surface area (TPSA) is 55.8 Å². The zero-order valence-corrected chi connectivity index (χ0v) is 18.5. The smallest absolute Gasteiger partial charge is 0.0573 e. The van der Waals surface area contributed by atoms with Crippen LogP contribution >= 0.6 is 0 Å². The summed E-state index contributed by atoms with van der Waals surface area (Å²) in [6, 6.07) is 4.77. The number of aromatic nitrogens is 1. The van der Waals surface area contributed by atoms with Crippen LogP contribution < -0.4 is 10.6 Å². The Labute approximate surface area is 181 Å². The van der Waals surface area contributed by atoms with Crippen molar-refractivity contribution in [2.45, 2.75) is 39.3 Å². The molecule has 6 heteroatoms. The summed E-state index contributed by atoms with van der Waals surface area (Å²) in [7, 11) is 0. The average molecular weight is 409 g/mol. The molecule has 0 saturated carbocycles. The van der Waals surface area contributed by atoms with Gasteiger partial charge in [0.25, 0.3) is 0 Å². The van der Waals surface area contributed by atoms with Crippen LogP contribution in [0, 0.1) is 6.92 Å². The molecule has 1 fully saturated rings. The van der Waals surface area contributed by atoms with E-state index in [4.69, 9.17) is 0 Å². The van der Waals surface area contributed by atoms with Crippen LogP contribution in [0.3, 0.4) is 0 Å². The molecular formula is C24H36N6. The minimum atomic E-state index is 0.577. The molecule has 1 aromatic rings. The van der Waals surface area contributed by atoms with Gasteiger partial charge in [0.2, 0.25) is 0 Å². The third-order valence-corrected chi connectivity index (χ3v) is 6.05. The summed E-state index contributed by atoms with van der Waals surface area (Å²) >= 11 is 0. The zero-order chi connectivity index (χ0) is 21.2. The minimum Gasteiger partial charge on any atom is -0.388 e. The Morgan fingerprint density at radius 1 is 1.33 bits per heavy atom. The highest BCUT2D eigenvalue weighted by molar-refractivity contribution is 5.28. The van der Waals surface area contributed by atoms with E-state index in [1.54, 1.807) is 6.20 Å². The highest BCUT2D eigenvalue weighted by Crippen LogP contribution is 2.22. The molecule has 2 N–H and O–H groups in total. The Kier molecular flexibility index (Phi) is 8.66. The highest BCUT2D eigenvalue weighted by Gasteiger charge is 2.26. The van der Waals surface area contributed by atoms with Crippen LogP contribution in [0.5, 0.6) is 0 Å².